The highest BCUT2D eigenvalue weighted by Gasteiger charge is 2.31. The number of ether oxygens (including phenoxy) is 1. The fourth-order valence-electron chi connectivity index (χ4n) is 2.78. The molecule has 2 atom stereocenters. The average Bonchev–Trinajstić information content (AvgIpc) is 2.44. The minimum atomic E-state index is -0.527. The van der Waals surface area contributed by atoms with E-state index < -0.39 is 17.7 Å². The molecule has 0 aliphatic carbocycles. The molecule has 5 heteroatoms. The molecule has 3 nitrogen and oxygen atoms in total. The highest BCUT2D eigenvalue weighted by Crippen LogP contribution is 2.26. The maximum atomic E-state index is 13.9. The molecule has 1 aromatic carbocycles. The molecule has 0 bridgehead atoms. The van der Waals surface area contributed by atoms with Crippen molar-refractivity contribution in [3.63, 3.8) is 0 Å². The van der Waals surface area contributed by atoms with Crippen LogP contribution >= 0.6 is 0 Å². The third-order valence-electron chi connectivity index (χ3n) is 3.71. The first-order valence-corrected chi connectivity index (χ1v) is 7.12. The second-order valence-electron chi connectivity index (χ2n) is 5.11. The third kappa shape index (κ3) is 3.34. The van der Waals surface area contributed by atoms with Crippen molar-refractivity contribution in [2.24, 2.45) is 0 Å². The molecular formula is C15H22F2N2O. The van der Waals surface area contributed by atoms with Gasteiger partial charge < -0.3 is 10.1 Å². The molecule has 0 radical (unpaired) electrons. The van der Waals surface area contributed by atoms with E-state index in [2.05, 4.69) is 17.1 Å². The zero-order chi connectivity index (χ0) is 14.5. The number of rotatable bonds is 5. The summed E-state index contributed by atoms with van der Waals surface area (Å²) in [6, 6.07) is 3.48. The normalized spacial score (nSPS) is 21.9. The van der Waals surface area contributed by atoms with Gasteiger partial charge in [0.2, 0.25) is 0 Å². The molecule has 0 saturated carbocycles. The molecule has 112 valence electrons. The lowest BCUT2D eigenvalue weighted by atomic mass is 9.98. The summed E-state index contributed by atoms with van der Waals surface area (Å²) in [7, 11) is 1.71. The van der Waals surface area contributed by atoms with E-state index in [4.69, 9.17) is 4.74 Å². The fraction of sp³-hybridized carbons (Fsp3) is 0.600. The van der Waals surface area contributed by atoms with Crippen molar-refractivity contribution in [3.05, 3.63) is 35.4 Å². The van der Waals surface area contributed by atoms with E-state index in [1.165, 1.54) is 18.2 Å². The Bertz CT molecular complexity index is 420. The maximum absolute atomic E-state index is 13.9. The molecule has 1 aliphatic rings. The first kappa shape index (κ1) is 15.4. The summed E-state index contributed by atoms with van der Waals surface area (Å²) in [6.07, 6.45) is 0.817. The third-order valence-corrected chi connectivity index (χ3v) is 3.71. The van der Waals surface area contributed by atoms with Gasteiger partial charge in [-0.05, 0) is 32.1 Å². The van der Waals surface area contributed by atoms with Crippen LogP contribution in [0.25, 0.3) is 0 Å². The van der Waals surface area contributed by atoms with Gasteiger partial charge in [0, 0.05) is 18.7 Å². The van der Waals surface area contributed by atoms with E-state index in [9.17, 15) is 8.78 Å². The van der Waals surface area contributed by atoms with E-state index in [0.717, 1.165) is 19.5 Å². The number of benzene rings is 1. The zero-order valence-corrected chi connectivity index (χ0v) is 12.0. The van der Waals surface area contributed by atoms with E-state index in [1.807, 2.05) is 0 Å². The number of halogens is 2. The van der Waals surface area contributed by atoms with Crippen molar-refractivity contribution in [1.82, 2.24) is 10.2 Å². The van der Waals surface area contributed by atoms with Crippen LogP contribution in [0.2, 0.25) is 0 Å². The highest BCUT2D eigenvalue weighted by molar-refractivity contribution is 5.24. The van der Waals surface area contributed by atoms with Gasteiger partial charge in [0.15, 0.2) is 0 Å². The summed E-state index contributed by atoms with van der Waals surface area (Å²) in [5.74, 6) is -1.05. The molecule has 2 rings (SSSR count). The summed E-state index contributed by atoms with van der Waals surface area (Å²) in [4.78, 5) is 2.28. The molecule has 0 aromatic heterocycles. The smallest absolute Gasteiger partial charge is 0.131 e. The Kier molecular flexibility index (Phi) is 5.46. The monoisotopic (exact) mass is 284 g/mol. The van der Waals surface area contributed by atoms with Gasteiger partial charge in [0.05, 0.1) is 18.8 Å². The Hall–Kier alpha value is -1.04. The quantitative estimate of drug-likeness (QED) is 0.898. The summed E-state index contributed by atoms with van der Waals surface area (Å²) >= 11 is 0. The first-order chi connectivity index (χ1) is 9.67. The van der Waals surface area contributed by atoms with E-state index in [0.29, 0.717) is 13.2 Å². The number of hydrogen-bond donors (Lipinski definition) is 1. The lowest BCUT2D eigenvalue weighted by molar-refractivity contribution is -0.0469. The van der Waals surface area contributed by atoms with Crippen molar-refractivity contribution in [2.75, 3.05) is 33.3 Å². The van der Waals surface area contributed by atoms with Gasteiger partial charge in [-0.2, -0.15) is 0 Å². The first-order valence-electron chi connectivity index (χ1n) is 7.12. The van der Waals surface area contributed by atoms with Crippen LogP contribution in [0.5, 0.6) is 0 Å². The lowest BCUT2D eigenvalue weighted by Gasteiger charge is -2.37. The van der Waals surface area contributed by atoms with Crippen LogP contribution in [0.3, 0.4) is 0 Å². The predicted molar refractivity (Wildman–Crippen MR) is 74.6 cm³/mol. The van der Waals surface area contributed by atoms with Crippen LogP contribution in [0.1, 0.15) is 24.9 Å². The van der Waals surface area contributed by atoms with E-state index in [-0.39, 0.29) is 11.7 Å². The van der Waals surface area contributed by atoms with Crippen molar-refractivity contribution in [1.29, 1.82) is 0 Å². The Balaban J connectivity index is 2.19. The fourth-order valence-corrected chi connectivity index (χ4v) is 2.78. The maximum Gasteiger partial charge on any atom is 0.131 e. The van der Waals surface area contributed by atoms with Crippen LogP contribution in [-0.4, -0.2) is 44.3 Å². The second kappa shape index (κ2) is 7.11. The molecule has 1 heterocycles. The molecule has 0 amide bonds. The molecule has 20 heavy (non-hydrogen) atoms. The summed E-state index contributed by atoms with van der Waals surface area (Å²) in [5, 5.41) is 3.00. The SMILES string of the molecule is CCCN1CCOC(C(NC)c2c(F)cccc2F)C1. The van der Waals surface area contributed by atoms with Crippen LogP contribution in [-0.2, 0) is 4.74 Å². The second-order valence-corrected chi connectivity index (χ2v) is 5.11. The van der Waals surface area contributed by atoms with Crippen molar-refractivity contribution in [3.8, 4) is 0 Å². The van der Waals surface area contributed by atoms with E-state index in [1.54, 1.807) is 7.05 Å². The molecule has 0 spiro atoms. The van der Waals surface area contributed by atoms with Gasteiger partial charge in [-0.3, -0.25) is 4.90 Å². The molecular weight excluding hydrogens is 262 g/mol. The molecule has 1 aliphatic heterocycles. The topological polar surface area (TPSA) is 24.5 Å². The molecule has 1 fully saturated rings. The van der Waals surface area contributed by atoms with Gasteiger partial charge in [-0.15, -0.1) is 0 Å². The summed E-state index contributed by atoms with van der Waals surface area (Å²) < 4.78 is 33.6. The van der Waals surface area contributed by atoms with Crippen LogP contribution in [0, 0.1) is 11.6 Å². The summed E-state index contributed by atoms with van der Waals surface area (Å²) in [5.41, 5.74) is 0.0679. The van der Waals surface area contributed by atoms with Gasteiger partial charge in [-0.1, -0.05) is 13.0 Å². The summed E-state index contributed by atoms with van der Waals surface area (Å²) in [6.45, 7) is 5.26. The number of likely N-dealkylation sites (N-methyl/N-ethyl adjacent to an activating group) is 1. The Morgan fingerprint density at radius 1 is 1.40 bits per heavy atom. The van der Waals surface area contributed by atoms with Crippen molar-refractivity contribution >= 4 is 0 Å². The Labute approximate surface area is 118 Å². The van der Waals surface area contributed by atoms with Gasteiger partial charge >= 0.3 is 0 Å². The minimum Gasteiger partial charge on any atom is -0.374 e. The lowest BCUT2D eigenvalue weighted by Crippen LogP contribution is -2.48. The van der Waals surface area contributed by atoms with Crippen LogP contribution in [0.4, 0.5) is 8.78 Å². The Morgan fingerprint density at radius 2 is 2.10 bits per heavy atom. The zero-order valence-electron chi connectivity index (χ0n) is 12.0. The largest absolute Gasteiger partial charge is 0.374 e. The minimum absolute atomic E-state index is 0.0679. The molecule has 1 N–H and O–H groups in total. The van der Waals surface area contributed by atoms with Crippen LogP contribution in [0.15, 0.2) is 18.2 Å². The van der Waals surface area contributed by atoms with Crippen molar-refractivity contribution < 1.29 is 13.5 Å². The van der Waals surface area contributed by atoms with Crippen molar-refractivity contribution in [2.45, 2.75) is 25.5 Å². The van der Waals surface area contributed by atoms with E-state index >= 15 is 0 Å². The number of hydrogen-bond acceptors (Lipinski definition) is 3. The molecule has 1 aromatic rings. The van der Waals surface area contributed by atoms with Gasteiger partial charge in [0.1, 0.15) is 11.6 Å². The van der Waals surface area contributed by atoms with Crippen LogP contribution < -0.4 is 5.32 Å². The number of nitrogens with zero attached hydrogens (tertiary/aromatic N) is 1. The predicted octanol–water partition coefficient (Wildman–Crippen LogP) is 2.34. The molecule has 2 unspecified atom stereocenters. The van der Waals surface area contributed by atoms with Gasteiger partial charge in [-0.25, -0.2) is 8.78 Å². The standard InChI is InChI=1S/C15H22F2N2O/c1-3-7-19-8-9-20-13(10-19)15(18-2)14-11(16)5-4-6-12(14)17/h4-6,13,15,18H,3,7-10H2,1-2H3. The molecule has 1 saturated heterocycles. The highest BCUT2D eigenvalue weighted by atomic mass is 19.1. The number of nitrogens with one attached hydrogen (secondary N) is 1. The Morgan fingerprint density at radius 3 is 2.70 bits per heavy atom. The number of morpholine rings is 1. The average molecular weight is 284 g/mol. The van der Waals surface area contributed by atoms with Gasteiger partial charge in [0.25, 0.3) is 0 Å².